The van der Waals surface area contributed by atoms with Crippen molar-refractivity contribution in [1.29, 1.82) is 5.26 Å². The van der Waals surface area contributed by atoms with Crippen LogP contribution in [0.2, 0.25) is 5.02 Å². The standard InChI is InChI=1S/C29H28ClN5O7/c1-27(2)38-14-20-22(40-27)23-29(39-20,42-28(3,4)41-23)25(37)32-17-9-5-15(6-10-17)21-19(13-31)24(36)35-26(34-21)33-18-11-7-16(30)8-12-18/h5-12,20,22-23H,14H2,1-4H3,(H,32,37)(H2,33,34,35,36)/t20?,22-,23?,29-/m1/s1. The molecule has 6 rings (SSSR count). The van der Waals surface area contributed by atoms with Crippen LogP contribution in [0.25, 0.3) is 11.3 Å². The van der Waals surface area contributed by atoms with E-state index in [1.807, 2.05) is 6.07 Å². The minimum atomic E-state index is -1.76. The Balaban J connectivity index is 1.24. The number of fused-ring (bicyclic) bond motifs is 3. The van der Waals surface area contributed by atoms with Gasteiger partial charge in [-0.1, -0.05) is 23.7 Å². The van der Waals surface area contributed by atoms with Crippen LogP contribution in [0.1, 0.15) is 33.3 Å². The van der Waals surface area contributed by atoms with Gasteiger partial charge in [-0.15, -0.1) is 0 Å². The lowest BCUT2D eigenvalue weighted by Gasteiger charge is -2.38. The number of ether oxygens (including phenoxy) is 5. The molecule has 0 aliphatic carbocycles. The number of amides is 1. The summed E-state index contributed by atoms with van der Waals surface area (Å²) < 4.78 is 30.1. The molecule has 2 aromatic carbocycles. The first-order valence-corrected chi connectivity index (χ1v) is 13.6. The first-order chi connectivity index (χ1) is 19.9. The lowest BCUT2D eigenvalue weighted by Crippen LogP contribution is -2.53. The van der Waals surface area contributed by atoms with Crippen molar-refractivity contribution >= 4 is 34.8 Å². The zero-order valence-corrected chi connectivity index (χ0v) is 23.9. The van der Waals surface area contributed by atoms with Crippen LogP contribution in [0.5, 0.6) is 0 Å². The van der Waals surface area contributed by atoms with Gasteiger partial charge in [-0.3, -0.25) is 14.6 Å². The quantitative estimate of drug-likeness (QED) is 0.394. The van der Waals surface area contributed by atoms with Gasteiger partial charge in [0.25, 0.3) is 17.3 Å². The number of nitrogens with zero attached hydrogens (tertiary/aromatic N) is 2. The Bertz CT molecular complexity index is 1630. The normalized spacial score (nSPS) is 27.0. The molecule has 13 heteroatoms. The van der Waals surface area contributed by atoms with Crippen molar-refractivity contribution in [3.8, 4) is 17.3 Å². The van der Waals surface area contributed by atoms with Gasteiger partial charge >= 0.3 is 0 Å². The predicted molar refractivity (Wildman–Crippen MR) is 151 cm³/mol. The van der Waals surface area contributed by atoms with Crippen LogP contribution in [0, 0.1) is 11.3 Å². The van der Waals surface area contributed by atoms with E-state index in [9.17, 15) is 14.9 Å². The van der Waals surface area contributed by atoms with Crippen molar-refractivity contribution in [2.45, 2.75) is 63.4 Å². The highest BCUT2D eigenvalue weighted by Crippen LogP contribution is 2.49. The van der Waals surface area contributed by atoms with Crippen molar-refractivity contribution < 1.29 is 28.5 Å². The van der Waals surface area contributed by atoms with Gasteiger partial charge in [0, 0.05) is 22.0 Å². The number of H-pyrrole nitrogens is 1. The van der Waals surface area contributed by atoms with E-state index in [1.54, 1.807) is 76.2 Å². The Morgan fingerprint density at radius 3 is 2.40 bits per heavy atom. The summed E-state index contributed by atoms with van der Waals surface area (Å²) in [6.45, 7) is 7.19. The summed E-state index contributed by atoms with van der Waals surface area (Å²) in [5.41, 5.74) is 0.973. The Hall–Kier alpha value is -3.83. The fraction of sp³-hybridized carbons (Fsp3) is 0.379. The van der Waals surface area contributed by atoms with Crippen molar-refractivity contribution in [3.05, 3.63) is 69.5 Å². The predicted octanol–water partition coefficient (Wildman–Crippen LogP) is 4.04. The van der Waals surface area contributed by atoms with E-state index in [0.29, 0.717) is 22.0 Å². The molecule has 0 saturated carbocycles. The summed E-state index contributed by atoms with van der Waals surface area (Å²) >= 11 is 5.95. The largest absolute Gasteiger partial charge is 0.348 e. The van der Waals surface area contributed by atoms with Gasteiger partial charge in [0.1, 0.15) is 23.8 Å². The van der Waals surface area contributed by atoms with Crippen molar-refractivity contribution in [2.75, 3.05) is 17.2 Å². The molecule has 4 heterocycles. The highest BCUT2D eigenvalue weighted by Gasteiger charge is 2.71. The van der Waals surface area contributed by atoms with Crippen LogP contribution in [-0.4, -0.2) is 58.2 Å². The van der Waals surface area contributed by atoms with Crippen LogP contribution < -0.4 is 16.2 Å². The van der Waals surface area contributed by atoms with Gasteiger partial charge < -0.3 is 34.3 Å². The number of hydrogen-bond donors (Lipinski definition) is 3. The minimum absolute atomic E-state index is 0.147. The number of nitriles is 1. The molecule has 42 heavy (non-hydrogen) atoms. The Labute approximate surface area is 245 Å². The van der Waals surface area contributed by atoms with E-state index in [2.05, 4.69) is 20.6 Å². The first-order valence-electron chi connectivity index (χ1n) is 13.2. The summed E-state index contributed by atoms with van der Waals surface area (Å²) in [6, 6.07) is 15.3. The average Bonchev–Trinajstić information content (AvgIpc) is 3.37. The Morgan fingerprint density at radius 1 is 1.02 bits per heavy atom. The molecule has 3 aliphatic rings. The molecule has 4 atom stereocenters. The number of carbonyl (C=O) groups is 1. The van der Waals surface area contributed by atoms with E-state index < -0.39 is 47.1 Å². The fourth-order valence-corrected chi connectivity index (χ4v) is 5.40. The molecule has 3 N–H and O–H groups in total. The van der Waals surface area contributed by atoms with Crippen LogP contribution in [-0.2, 0) is 28.5 Å². The van der Waals surface area contributed by atoms with Crippen molar-refractivity contribution in [2.24, 2.45) is 0 Å². The Morgan fingerprint density at radius 2 is 1.71 bits per heavy atom. The highest BCUT2D eigenvalue weighted by molar-refractivity contribution is 6.30. The third kappa shape index (κ3) is 5.15. The van der Waals surface area contributed by atoms with Gasteiger partial charge in [-0.25, -0.2) is 4.98 Å². The smallest absolute Gasteiger partial charge is 0.287 e. The highest BCUT2D eigenvalue weighted by atomic mass is 35.5. The molecule has 0 radical (unpaired) electrons. The molecule has 3 aromatic rings. The van der Waals surface area contributed by atoms with E-state index in [4.69, 9.17) is 35.3 Å². The summed E-state index contributed by atoms with van der Waals surface area (Å²) in [5.74, 6) is -4.15. The van der Waals surface area contributed by atoms with Crippen molar-refractivity contribution in [3.63, 3.8) is 0 Å². The number of aromatic amines is 1. The second-order valence-electron chi connectivity index (χ2n) is 11.1. The zero-order chi connectivity index (χ0) is 29.9. The van der Waals surface area contributed by atoms with Gasteiger partial charge in [0.2, 0.25) is 5.95 Å². The van der Waals surface area contributed by atoms with Gasteiger partial charge in [0.05, 0.1) is 12.3 Å². The van der Waals surface area contributed by atoms with Gasteiger partial charge in [-0.2, -0.15) is 5.26 Å². The second-order valence-corrected chi connectivity index (χ2v) is 11.5. The van der Waals surface area contributed by atoms with E-state index in [-0.39, 0.29) is 23.8 Å². The summed E-state index contributed by atoms with van der Waals surface area (Å²) in [7, 11) is 0. The van der Waals surface area contributed by atoms with E-state index in [0.717, 1.165) is 0 Å². The number of anilines is 3. The number of aromatic nitrogens is 2. The van der Waals surface area contributed by atoms with Crippen LogP contribution in [0.4, 0.5) is 17.3 Å². The molecule has 1 amide bonds. The third-order valence-corrected chi connectivity index (χ3v) is 7.31. The molecule has 12 nitrogen and oxygen atoms in total. The van der Waals surface area contributed by atoms with E-state index in [1.165, 1.54) is 0 Å². The molecular formula is C29H28ClN5O7. The van der Waals surface area contributed by atoms with Gasteiger partial charge in [-0.05, 0) is 64.1 Å². The third-order valence-electron chi connectivity index (χ3n) is 7.06. The molecule has 0 bridgehead atoms. The van der Waals surface area contributed by atoms with Crippen LogP contribution in [0.15, 0.2) is 53.3 Å². The monoisotopic (exact) mass is 593 g/mol. The van der Waals surface area contributed by atoms with E-state index >= 15 is 0 Å². The fourth-order valence-electron chi connectivity index (χ4n) is 5.28. The minimum Gasteiger partial charge on any atom is -0.348 e. The summed E-state index contributed by atoms with van der Waals surface area (Å²) in [4.78, 5) is 33.4. The molecule has 1 aromatic heterocycles. The number of rotatable bonds is 5. The molecule has 3 saturated heterocycles. The van der Waals surface area contributed by atoms with Crippen molar-refractivity contribution in [1.82, 2.24) is 9.97 Å². The summed E-state index contributed by atoms with van der Waals surface area (Å²) in [6.07, 6.45) is -1.97. The van der Waals surface area contributed by atoms with Gasteiger partial charge in [0.15, 0.2) is 17.7 Å². The number of carbonyl (C=O) groups excluding carboxylic acids is 1. The number of benzene rings is 2. The zero-order valence-electron chi connectivity index (χ0n) is 23.2. The maximum absolute atomic E-state index is 13.7. The molecular weight excluding hydrogens is 566 g/mol. The lowest BCUT2D eigenvalue weighted by atomic mass is 10.0. The average molecular weight is 594 g/mol. The number of hydrogen-bond acceptors (Lipinski definition) is 10. The second kappa shape index (κ2) is 10.2. The molecule has 3 aliphatic heterocycles. The summed E-state index contributed by atoms with van der Waals surface area (Å²) in [5, 5.41) is 16.1. The maximum Gasteiger partial charge on any atom is 0.287 e. The topological polar surface area (TPSA) is 157 Å². The Kier molecular flexibility index (Phi) is 6.85. The lowest BCUT2D eigenvalue weighted by molar-refractivity contribution is -0.324. The first kappa shape index (κ1) is 28.3. The van der Waals surface area contributed by atoms with Crippen LogP contribution >= 0.6 is 11.6 Å². The molecule has 3 fully saturated rings. The number of halogens is 1. The molecule has 2 unspecified atom stereocenters. The maximum atomic E-state index is 13.7. The number of nitrogens with one attached hydrogen (secondary N) is 3. The SMILES string of the molecule is CC1(C)OCC2O[C@@]3(C(=O)Nc4ccc(-c5nc(Nc6ccc(Cl)cc6)[nH]c(=O)c5C#N)cc4)OC(C)(C)OC3[C@@H]2O1. The van der Waals surface area contributed by atoms with Crippen LogP contribution in [0.3, 0.4) is 0 Å². The molecule has 218 valence electrons. The molecule has 0 spiro atoms.